The van der Waals surface area contributed by atoms with Crippen molar-refractivity contribution in [1.82, 2.24) is 19.9 Å². The predicted octanol–water partition coefficient (Wildman–Crippen LogP) is 4.21. The third kappa shape index (κ3) is 6.13. The molecule has 31 heavy (non-hydrogen) atoms. The lowest BCUT2D eigenvalue weighted by Crippen LogP contribution is -2.38. The van der Waals surface area contributed by atoms with Crippen molar-refractivity contribution in [1.29, 1.82) is 0 Å². The quantitative estimate of drug-likeness (QED) is 0.490. The lowest BCUT2D eigenvalue weighted by Gasteiger charge is -2.26. The van der Waals surface area contributed by atoms with Crippen molar-refractivity contribution in [3.05, 3.63) is 52.0 Å². The van der Waals surface area contributed by atoms with E-state index >= 15 is 0 Å². The molecule has 0 atom stereocenters. The Morgan fingerprint density at radius 2 is 1.94 bits per heavy atom. The van der Waals surface area contributed by atoms with Crippen LogP contribution in [-0.2, 0) is 11.3 Å². The van der Waals surface area contributed by atoms with Crippen molar-refractivity contribution in [2.45, 2.75) is 20.4 Å². The number of ether oxygens (including phenoxy) is 2. The van der Waals surface area contributed by atoms with Gasteiger partial charge in [0, 0.05) is 53.4 Å². The third-order valence-corrected chi connectivity index (χ3v) is 6.16. The van der Waals surface area contributed by atoms with Gasteiger partial charge in [-0.15, -0.1) is 16.5 Å². The Morgan fingerprint density at radius 1 is 1.13 bits per heavy atom. The van der Waals surface area contributed by atoms with Gasteiger partial charge in [-0.05, 0) is 37.6 Å². The number of aromatic nitrogens is 3. The molecule has 1 fully saturated rings. The van der Waals surface area contributed by atoms with Crippen LogP contribution in [-0.4, -0.2) is 59.3 Å². The molecule has 0 N–H and O–H groups in total. The van der Waals surface area contributed by atoms with E-state index < -0.39 is 0 Å². The van der Waals surface area contributed by atoms with Crippen molar-refractivity contribution in [2.24, 2.45) is 10.2 Å². The van der Waals surface area contributed by atoms with E-state index in [0.717, 1.165) is 44.1 Å². The van der Waals surface area contributed by atoms with Gasteiger partial charge < -0.3 is 9.47 Å². The molecular weight excluding hydrogens is 412 g/mol. The minimum absolute atomic E-state index is 0.305. The maximum Gasteiger partial charge on any atom is 0.319 e. The maximum atomic E-state index is 5.88. The Hall–Kier alpha value is -2.75. The van der Waals surface area contributed by atoms with Crippen LogP contribution in [0.1, 0.15) is 15.3 Å². The molecule has 0 spiro atoms. The number of hydrogen-bond acceptors (Lipinski definition) is 9. The van der Waals surface area contributed by atoms with Crippen LogP contribution >= 0.6 is 11.3 Å². The summed E-state index contributed by atoms with van der Waals surface area (Å²) in [6.07, 6.45) is 3.47. The maximum absolute atomic E-state index is 5.88. The largest absolute Gasteiger partial charge is 0.462 e. The molecule has 3 aromatic heterocycles. The number of rotatable bonds is 8. The van der Waals surface area contributed by atoms with Crippen molar-refractivity contribution >= 4 is 17.2 Å². The van der Waals surface area contributed by atoms with E-state index in [2.05, 4.69) is 50.0 Å². The number of morpholine rings is 1. The van der Waals surface area contributed by atoms with Crippen molar-refractivity contribution < 1.29 is 9.47 Å². The molecule has 0 radical (unpaired) electrons. The minimum atomic E-state index is 0.305. The standard InChI is InChI=1S/C22H26N6O2S/c1-16-13-19(31-17(16)2)15-24-27-21-14-20(18-3-5-23-6-4-18)25-22(26-21)30-12-9-28-7-10-29-11-8-28/h3-6,13-14H,7-12,15H2,1-2H3. The smallest absolute Gasteiger partial charge is 0.319 e. The second-order valence-electron chi connectivity index (χ2n) is 7.28. The Morgan fingerprint density at radius 3 is 2.68 bits per heavy atom. The fourth-order valence-corrected chi connectivity index (χ4v) is 4.17. The second-order valence-corrected chi connectivity index (χ2v) is 8.62. The van der Waals surface area contributed by atoms with Crippen LogP contribution in [0, 0.1) is 13.8 Å². The highest BCUT2D eigenvalue weighted by Crippen LogP contribution is 2.25. The van der Waals surface area contributed by atoms with Crippen LogP contribution in [0.15, 0.2) is 46.9 Å². The van der Waals surface area contributed by atoms with Crippen molar-refractivity contribution in [2.75, 3.05) is 39.5 Å². The van der Waals surface area contributed by atoms with Gasteiger partial charge in [-0.1, -0.05) is 0 Å². The fourth-order valence-electron chi connectivity index (χ4n) is 3.20. The Balaban J connectivity index is 1.47. The molecular formula is C22H26N6O2S. The minimum Gasteiger partial charge on any atom is -0.462 e. The van der Waals surface area contributed by atoms with Crippen molar-refractivity contribution in [3.63, 3.8) is 0 Å². The molecule has 162 valence electrons. The molecule has 0 unspecified atom stereocenters. The molecule has 0 aliphatic carbocycles. The van der Waals surface area contributed by atoms with Crippen LogP contribution in [0.2, 0.25) is 0 Å². The van der Waals surface area contributed by atoms with E-state index in [1.165, 1.54) is 15.3 Å². The molecule has 4 heterocycles. The lowest BCUT2D eigenvalue weighted by molar-refractivity contribution is 0.0317. The summed E-state index contributed by atoms with van der Waals surface area (Å²) in [4.78, 5) is 17.9. The molecule has 0 amide bonds. The van der Waals surface area contributed by atoms with Crippen LogP contribution in [0.5, 0.6) is 6.01 Å². The summed E-state index contributed by atoms with van der Waals surface area (Å²) in [6.45, 7) is 9.44. The Bertz CT molecular complexity index is 999. The highest BCUT2D eigenvalue weighted by Gasteiger charge is 2.12. The molecule has 1 aliphatic rings. The summed E-state index contributed by atoms with van der Waals surface area (Å²) >= 11 is 1.75. The first-order valence-corrected chi connectivity index (χ1v) is 11.1. The van der Waals surface area contributed by atoms with E-state index in [9.17, 15) is 0 Å². The van der Waals surface area contributed by atoms with Crippen LogP contribution in [0.4, 0.5) is 5.82 Å². The Labute approximate surface area is 186 Å². The van der Waals surface area contributed by atoms with Gasteiger partial charge in [0.25, 0.3) is 0 Å². The summed E-state index contributed by atoms with van der Waals surface area (Å²) in [7, 11) is 0. The molecule has 0 aromatic carbocycles. The first kappa shape index (κ1) is 21.5. The molecule has 8 nitrogen and oxygen atoms in total. The van der Waals surface area contributed by atoms with Gasteiger partial charge in [-0.3, -0.25) is 9.88 Å². The molecule has 4 rings (SSSR count). The number of nitrogens with zero attached hydrogens (tertiary/aromatic N) is 6. The number of thiophene rings is 1. The number of hydrogen-bond donors (Lipinski definition) is 0. The highest BCUT2D eigenvalue weighted by atomic mass is 32.1. The number of pyridine rings is 1. The molecule has 1 aliphatic heterocycles. The molecule has 3 aromatic rings. The molecule has 1 saturated heterocycles. The topological polar surface area (TPSA) is 85.1 Å². The summed E-state index contributed by atoms with van der Waals surface area (Å²) < 4.78 is 11.3. The van der Waals surface area contributed by atoms with Gasteiger partial charge in [-0.25, -0.2) is 0 Å². The normalized spacial score (nSPS) is 14.9. The molecule has 0 bridgehead atoms. The SMILES string of the molecule is Cc1cc(CN=Nc2cc(-c3ccncc3)nc(OCCN3CCOCC3)n2)sc1C. The second kappa shape index (κ2) is 10.5. The summed E-state index contributed by atoms with van der Waals surface area (Å²) in [6, 6.07) is 8.08. The van der Waals surface area contributed by atoms with Gasteiger partial charge >= 0.3 is 6.01 Å². The van der Waals surface area contributed by atoms with Crippen molar-refractivity contribution in [3.8, 4) is 17.3 Å². The van der Waals surface area contributed by atoms with Gasteiger partial charge in [0.1, 0.15) is 6.61 Å². The zero-order valence-corrected chi connectivity index (χ0v) is 18.6. The highest BCUT2D eigenvalue weighted by molar-refractivity contribution is 7.12. The van der Waals surface area contributed by atoms with E-state index in [0.29, 0.717) is 25.0 Å². The average Bonchev–Trinajstić information content (AvgIpc) is 3.12. The Kier molecular flexibility index (Phi) is 7.29. The van der Waals surface area contributed by atoms with E-state index in [1.54, 1.807) is 23.7 Å². The first-order valence-electron chi connectivity index (χ1n) is 10.3. The third-order valence-electron chi connectivity index (χ3n) is 5.03. The van der Waals surface area contributed by atoms with Gasteiger partial charge in [-0.2, -0.15) is 15.1 Å². The van der Waals surface area contributed by atoms with Gasteiger partial charge in [0.2, 0.25) is 0 Å². The zero-order chi connectivity index (χ0) is 21.5. The molecule has 9 heteroatoms. The van der Waals surface area contributed by atoms with Gasteiger partial charge in [0.05, 0.1) is 25.5 Å². The fraction of sp³-hybridized carbons (Fsp3) is 0.409. The van der Waals surface area contributed by atoms with E-state index in [1.807, 2.05) is 18.2 Å². The van der Waals surface area contributed by atoms with Gasteiger partial charge in [0.15, 0.2) is 5.82 Å². The monoisotopic (exact) mass is 438 g/mol. The van der Waals surface area contributed by atoms with Crippen LogP contribution in [0.3, 0.4) is 0 Å². The number of aryl methyl sites for hydroxylation is 2. The summed E-state index contributed by atoms with van der Waals surface area (Å²) in [5.41, 5.74) is 2.94. The van der Waals surface area contributed by atoms with Crippen LogP contribution < -0.4 is 4.74 Å². The zero-order valence-electron chi connectivity index (χ0n) is 17.8. The predicted molar refractivity (Wildman–Crippen MR) is 120 cm³/mol. The summed E-state index contributed by atoms with van der Waals surface area (Å²) in [5, 5.41) is 8.69. The van der Waals surface area contributed by atoms with E-state index in [4.69, 9.17) is 9.47 Å². The first-order chi connectivity index (χ1) is 15.2. The average molecular weight is 439 g/mol. The number of azo groups is 1. The summed E-state index contributed by atoms with van der Waals surface area (Å²) in [5.74, 6) is 0.480. The molecule has 0 saturated carbocycles. The lowest BCUT2D eigenvalue weighted by atomic mass is 10.2. The van der Waals surface area contributed by atoms with E-state index in [-0.39, 0.29) is 0 Å². The van der Waals surface area contributed by atoms with Crippen LogP contribution in [0.25, 0.3) is 11.3 Å².